The van der Waals surface area contributed by atoms with E-state index in [2.05, 4.69) is 5.16 Å². The molecule has 2 N–H and O–H groups in total. The first kappa shape index (κ1) is 15.1. The fraction of sp³-hybridized carbons (Fsp3) is 0.176. The molecule has 1 heterocycles. The summed E-state index contributed by atoms with van der Waals surface area (Å²) in [5.41, 5.74) is 1.57. The van der Waals surface area contributed by atoms with E-state index in [1.54, 1.807) is 0 Å². The van der Waals surface area contributed by atoms with E-state index in [1.165, 1.54) is 11.5 Å². The van der Waals surface area contributed by atoms with Crippen LogP contribution in [0, 0.1) is 0 Å². The van der Waals surface area contributed by atoms with Crippen LogP contribution >= 0.6 is 0 Å². The standard InChI is InChI=1S/C17H16N2O4/c20-17(18-21)15-11-13(23-19-15)7-4-10-22-16-9-3-6-12-5-1-2-8-14(12)16/h1-3,5-6,8-9,11,21H,4,7,10H2,(H,18,20). The molecule has 0 fully saturated rings. The van der Waals surface area contributed by atoms with E-state index in [0.29, 0.717) is 18.8 Å². The lowest BCUT2D eigenvalue weighted by molar-refractivity contribution is 0.0696. The van der Waals surface area contributed by atoms with Crippen LogP contribution in [0.3, 0.4) is 0 Å². The van der Waals surface area contributed by atoms with Gasteiger partial charge in [-0.05, 0) is 17.9 Å². The number of hydrogen-bond donors (Lipinski definition) is 2. The third-order valence-electron chi connectivity index (χ3n) is 3.47. The van der Waals surface area contributed by atoms with Gasteiger partial charge in [-0.3, -0.25) is 10.0 Å². The Morgan fingerprint density at radius 2 is 2.04 bits per heavy atom. The first-order valence-electron chi connectivity index (χ1n) is 7.28. The highest BCUT2D eigenvalue weighted by molar-refractivity contribution is 5.91. The molecule has 3 aromatic rings. The fourth-order valence-electron chi connectivity index (χ4n) is 2.35. The Hall–Kier alpha value is -2.86. The average Bonchev–Trinajstić information content (AvgIpc) is 3.07. The summed E-state index contributed by atoms with van der Waals surface area (Å²) in [4.78, 5) is 11.2. The summed E-state index contributed by atoms with van der Waals surface area (Å²) in [5, 5.41) is 14.3. The van der Waals surface area contributed by atoms with E-state index in [-0.39, 0.29) is 5.69 Å². The van der Waals surface area contributed by atoms with Crippen LogP contribution in [0.1, 0.15) is 22.7 Å². The average molecular weight is 312 g/mol. The number of nitrogens with zero attached hydrogens (tertiary/aromatic N) is 1. The van der Waals surface area contributed by atoms with Crippen LogP contribution in [0.5, 0.6) is 5.75 Å². The molecule has 6 nitrogen and oxygen atoms in total. The molecule has 2 aromatic carbocycles. The molecule has 0 aliphatic rings. The van der Waals surface area contributed by atoms with Gasteiger partial charge in [-0.15, -0.1) is 0 Å². The molecule has 0 radical (unpaired) electrons. The Kier molecular flexibility index (Phi) is 4.54. The fourth-order valence-corrected chi connectivity index (χ4v) is 2.35. The summed E-state index contributed by atoms with van der Waals surface area (Å²) in [6, 6.07) is 15.5. The number of aromatic nitrogens is 1. The minimum absolute atomic E-state index is 0.0532. The number of rotatable bonds is 6. The molecule has 3 rings (SSSR count). The van der Waals surface area contributed by atoms with Gasteiger partial charge in [-0.1, -0.05) is 41.6 Å². The number of amides is 1. The van der Waals surface area contributed by atoms with Gasteiger partial charge in [-0.25, -0.2) is 5.48 Å². The van der Waals surface area contributed by atoms with Gasteiger partial charge in [0.1, 0.15) is 11.5 Å². The van der Waals surface area contributed by atoms with Crippen LogP contribution < -0.4 is 10.2 Å². The lowest BCUT2D eigenvalue weighted by Crippen LogP contribution is -2.18. The minimum atomic E-state index is -0.688. The van der Waals surface area contributed by atoms with Gasteiger partial charge in [-0.2, -0.15) is 0 Å². The third kappa shape index (κ3) is 3.49. The topological polar surface area (TPSA) is 84.6 Å². The number of nitrogens with one attached hydrogen (secondary N) is 1. The molecular weight excluding hydrogens is 296 g/mol. The second-order valence-electron chi connectivity index (χ2n) is 5.05. The highest BCUT2D eigenvalue weighted by Crippen LogP contribution is 2.25. The zero-order valence-corrected chi connectivity index (χ0v) is 12.4. The monoisotopic (exact) mass is 312 g/mol. The van der Waals surface area contributed by atoms with Gasteiger partial charge >= 0.3 is 0 Å². The summed E-state index contributed by atoms with van der Waals surface area (Å²) in [6.07, 6.45) is 1.31. The van der Waals surface area contributed by atoms with Crippen molar-refractivity contribution in [1.82, 2.24) is 10.6 Å². The van der Waals surface area contributed by atoms with Gasteiger partial charge in [0.2, 0.25) is 0 Å². The van der Waals surface area contributed by atoms with E-state index in [1.807, 2.05) is 42.5 Å². The van der Waals surface area contributed by atoms with Crippen LogP contribution in [0.4, 0.5) is 0 Å². The van der Waals surface area contributed by atoms with Crippen molar-refractivity contribution in [3.05, 3.63) is 60.0 Å². The molecule has 0 unspecified atom stereocenters. The largest absolute Gasteiger partial charge is 0.493 e. The molecule has 0 saturated heterocycles. The van der Waals surface area contributed by atoms with E-state index in [9.17, 15) is 4.79 Å². The second kappa shape index (κ2) is 6.93. The van der Waals surface area contributed by atoms with Gasteiger partial charge in [0.15, 0.2) is 5.69 Å². The van der Waals surface area contributed by atoms with Crippen molar-refractivity contribution in [2.24, 2.45) is 0 Å². The zero-order valence-electron chi connectivity index (χ0n) is 12.4. The van der Waals surface area contributed by atoms with E-state index in [4.69, 9.17) is 14.5 Å². The number of hydrogen-bond acceptors (Lipinski definition) is 5. The van der Waals surface area contributed by atoms with Crippen LogP contribution in [0.15, 0.2) is 53.1 Å². The predicted molar refractivity (Wildman–Crippen MR) is 83.5 cm³/mol. The van der Waals surface area contributed by atoms with Crippen molar-refractivity contribution < 1.29 is 19.3 Å². The van der Waals surface area contributed by atoms with Crippen LogP contribution in [-0.4, -0.2) is 22.9 Å². The van der Waals surface area contributed by atoms with E-state index in [0.717, 1.165) is 22.9 Å². The molecule has 0 spiro atoms. The molecule has 0 bridgehead atoms. The Balaban J connectivity index is 1.55. The SMILES string of the molecule is O=C(NO)c1cc(CCCOc2cccc3ccccc23)on1. The summed E-state index contributed by atoms with van der Waals surface area (Å²) in [5.74, 6) is 0.734. The van der Waals surface area contributed by atoms with Crippen LogP contribution in [-0.2, 0) is 6.42 Å². The van der Waals surface area contributed by atoms with Crippen molar-refractivity contribution in [1.29, 1.82) is 0 Å². The number of fused-ring (bicyclic) bond motifs is 1. The van der Waals surface area contributed by atoms with Crippen molar-refractivity contribution in [2.75, 3.05) is 6.61 Å². The lowest BCUT2D eigenvalue weighted by atomic mass is 10.1. The molecule has 0 saturated carbocycles. The molecule has 118 valence electrons. The van der Waals surface area contributed by atoms with Gasteiger partial charge < -0.3 is 9.26 Å². The maximum absolute atomic E-state index is 11.2. The number of hydroxylamine groups is 1. The smallest absolute Gasteiger partial charge is 0.296 e. The molecular formula is C17H16N2O4. The number of carbonyl (C=O) groups excluding carboxylic acids is 1. The molecule has 1 amide bonds. The summed E-state index contributed by atoms with van der Waals surface area (Å²) >= 11 is 0. The summed E-state index contributed by atoms with van der Waals surface area (Å²) in [7, 11) is 0. The number of benzene rings is 2. The molecule has 0 aliphatic carbocycles. The van der Waals surface area contributed by atoms with Crippen LogP contribution in [0.25, 0.3) is 10.8 Å². The van der Waals surface area contributed by atoms with Gasteiger partial charge in [0, 0.05) is 17.9 Å². The maximum atomic E-state index is 11.2. The minimum Gasteiger partial charge on any atom is -0.493 e. The first-order valence-corrected chi connectivity index (χ1v) is 7.28. The normalized spacial score (nSPS) is 10.7. The maximum Gasteiger partial charge on any atom is 0.296 e. The third-order valence-corrected chi connectivity index (χ3v) is 3.47. The first-order chi connectivity index (χ1) is 11.3. The number of aryl methyl sites for hydroxylation is 1. The summed E-state index contributed by atoms with van der Waals surface area (Å²) < 4.78 is 10.9. The van der Waals surface area contributed by atoms with E-state index >= 15 is 0 Å². The van der Waals surface area contributed by atoms with Crippen molar-refractivity contribution >= 4 is 16.7 Å². The Labute approximate surface area is 132 Å². The summed E-state index contributed by atoms with van der Waals surface area (Å²) in [6.45, 7) is 0.524. The second-order valence-corrected chi connectivity index (χ2v) is 5.05. The molecule has 1 aromatic heterocycles. The Morgan fingerprint density at radius 3 is 2.91 bits per heavy atom. The Bertz CT molecular complexity index is 808. The highest BCUT2D eigenvalue weighted by Gasteiger charge is 2.11. The van der Waals surface area contributed by atoms with Gasteiger partial charge in [0.25, 0.3) is 5.91 Å². The number of carbonyl (C=O) groups is 1. The molecule has 0 aliphatic heterocycles. The van der Waals surface area contributed by atoms with E-state index < -0.39 is 5.91 Å². The van der Waals surface area contributed by atoms with Crippen molar-refractivity contribution in [3.8, 4) is 5.75 Å². The highest BCUT2D eigenvalue weighted by atomic mass is 16.5. The van der Waals surface area contributed by atoms with Gasteiger partial charge in [0.05, 0.1) is 6.61 Å². The van der Waals surface area contributed by atoms with Crippen molar-refractivity contribution in [2.45, 2.75) is 12.8 Å². The zero-order chi connectivity index (χ0) is 16.1. The Morgan fingerprint density at radius 1 is 1.22 bits per heavy atom. The quantitative estimate of drug-likeness (QED) is 0.415. The lowest BCUT2D eigenvalue weighted by Gasteiger charge is -2.08. The predicted octanol–water partition coefficient (Wildman–Crippen LogP) is 2.96. The van der Waals surface area contributed by atoms with Crippen molar-refractivity contribution in [3.63, 3.8) is 0 Å². The molecule has 0 atom stereocenters. The molecule has 23 heavy (non-hydrogen) atoms. The molecule has 6 heteroatoms. The van der Waals surface area contributed by atoms with Crippen LogP contribution in [0.2, 0.25) is 0 Å². The number of ether oxygens (including phenoxy) is 1.